The van der Waals surface area contributed by atoms with E-state index < -0.39 is 145 Å². The third kappa shape index (κ3) is 8.72. The summed E-state index contributed by atoms with van der Waals surface area (Å²) in [5.41, 5.74) is -2.09. The van der Waals surface area contributed by atoms with Crippen molar-refractivity contribution in [2.24, 2.45) is 28.6 Å². The second-order valence-electron chi connectivity index (χ2n) is 22.2. The van der Waals surface area contributed by atoms with Crippen LogP contribution in [0.4, 0.5) is 0 Å². The zero-order chi connectivity index (χ0) is 51.8. The van der Waals surface area contributed by atoms with Crippen molar-refractivity contribution in [1.82, 2.24) is 0 Å². The van der Waals surface area contributed by atoms with Crippen LogP contribution in [0.3, 0.4) is 0 Å². The predicted molar refractivity (Wildman–Crippen MR) is 250 cm³/mol. The first-order valence-electron chi connectivity index (χ1n) is 25.9. The maximum absolute atomic E-state index is 14.2. The smallest absolute Gasteiger partial charge is 0.338 e. The highest BCUT2D eigenvalue weighted by Gasteiger charge is 2.91. The summed E-state index contributed by atoms with van der Waals surface area (Å²) in [6, 6.07) is 8.75. The number of hydrogen-bond acceptors (Lipinski definition) is 19. The Morgan fingerprint density at radius 1 is 0.750 bits per heavy atom. The van der Waals surface area contributed by atoms with Gasteiger partial charge in [-0.1, -0.05) is 38.1 Å². The topological polar surface area (TPSA) is 257 Å². The van der Waals surface area contributed by atoms with Crippen molar-refractivity contribution < 1.29 is 92.0 Å². The summed E-state index contributed by atoms with van der Waals surface area (Å²) in [7, 11) is 2.94. The van der Waals surface area contributed by atoms with Gasteiger partial charge in [0.1, 0.15) is 78.0 Å². The monoisotopic (exact) mass is 1020 g/mol. The summed E-state index contributed by atoms with van der Waals surface area (Å²) in [5, 5.41) is 52.5. The molecule has 8 fully saturated rings. The number of carbonyl (C=O) groups is 3. The van der Waals surface area contributed by atoms with Crippen molar-refractivity contribution in [3.05, 3.63) is 47.5 Å². The minimum Gasteiger partial charge on any atom is -0.455 e. The SMILES string of the molecule is C/C=C(\C)C(=O)OC1C2C3(C)CC[C@H](O[C@H]4C[C@H](OC)[C@H](O[C@@H]5O[C@H](C)[C@@H](O[C@@H]6O[C@H](CO)[C@@H](O)[C@H](O)[C@H]6O)[C@@H](OC)[C@H]5O)[C@@H](C)O4)CC3CCC23OC32CCC(C(C)=O)C2(C)C1OC(=O)c1ccccc1. The van der Waals surface area contributed by atoms with Gasteiger partial charge < -0.3 is 77.6 Å². The van der Waals surface area contributed by atoms with Crippen LogP contribution < -0.4 is 0 Å². The van der Waals surface area contributed by atoms with Crippen molar-refractivity contribution >= 4 is 17.7 Å². The minimum absolute atomic E-state index is 0.00937. The highest BCUT2D eigenvalue weighted by atomic mass is 16.8. The number of ether oxygens (including phenoxy) is 11. The van der Waals surface area contributed by atoms with Crippen LogP contribution in [0.15, 0.2) is 42.0 Å². The Hall–Kier alpha value is -2.99. The van der Waals surface area contributed by atoms with Crippen LogP contribution in [0.1, 0.15) is 110 Å². The fraction of sp³-hybridized carbons (Fsp3) is 0.792. The molecule has 4 aliphatic carbocycles. The molecule has 1 aromatic carbocycles. The zero-order valence-electron chi connectivity index (χ0n) is 42.8. The molecule has 19 nitrogen and oxygen atoms in total. The van der Waals surface area contributed by atoms with Gasteiger partial charge in [-0.2, -0.15) is 0 Å². The van der Waals surface area contributed by atoms with Crippen molar-refractivity contribution in [2.45, 2.75) is 215 Å². The molecule has 5 N–H and O–H groups in total. The molecule has 8 aliphatic rings. The Bertz CT molecular complexity index is 2160. The van der Waals surface area contributed by atoms with Crippen LogP contribution in [0.5, 0.6) is 0 Å². The lowest BCUT2D eigenvalue weighted by atomic mass is 9.43. The van der Waals surface area contributed by atoms with Crippen molar-refractivity contribution in [3.8, 4) is 0 Å². The van der Waals surface area contributed by atoms with Crippen LogP contribution in [0.25, 0.3) is 0 Å². The van der Waals surface area contributed by atoms with E-state index in [9.17, 15) is 39.9 Å². The number of Topliss-reactive ketones (excluding diaryl/α,β-unsaturated/α-hetero) is 1. The second kappa shape index (κ2) is 20.5. The van der Waals surface area contributed by atoms with Gasteiger partial charge in [0.15, 0.2) is 18.9 Å². The van der Waals surface area contributed by atoms with E-state index in [1.807, 2.05) is 19.9 Å². The molecule has 9 unspecified atom stereocenters. The molecule has 0 radical (unpaired) electrons. The minimum atomic E-state index is -1.67. The van der Waals surface area contributed by atoms with Gasteiger partial charge in [-0.05, 0) is 103 Å². The number of aliphatic hydroxyl groups excluding tert-OH is 5. The third-order valence-corrected chi connectivity index (χ3v) is 18.6. The lowest BCUT2D eigenvalue weighted by molar-refractivity contribution is -0.371. The highest BCUT2D eigenvalue weighted by Crippen LogP contribution is 2.81. The van der Waals surface area contributed by atoms with Gasteiger partial charge in [-0.25, -0.2) is 9.59 Å². The van der Waals surface area contributed by atoms with Crippen LogP contribution in [-0.4, -0.2) is 180 Å². The van der Waals surface area contributed by atoms with Crippen molar-refractivity contribution in [3.63, 3.8) is 0 Å². The van der Waals surface area contributed by atoms with Crippen molar-refractivity contribution in [2.75, 3.05) is 20.8 Å². The zero-order valence-corrected chi connectivity index (χ0v) is 42.8. The number of ketones is 1. The van der Waals surface area contributed by atoms with Crippen LogP contribution in [0.2, 0.25) is 0 Å². The predicted octanol–water partition coefficient (Wildman–Crippen LogP) is 3.06. The normalized spacial score (nSPS) is 48.8. The number of methoxy groups -OCH3 is 2. The van der Waals surface area contributed by atoms with E-state index in [-0.39, 0.29) is 23.7 Å². The Kier molecular flexibility index (Phi) is 15.3. The molecule has 24 atom stereocenters. The molecule has 1 aromatic rings. The van der Waals surface area contributed by atoms with Gasteiger partial charge in [0.25, 0.3) is 0 Å². The van der Waals surface area contributed by atoms with E-state index in [2.05, 4.69) is 6.92 Å². The van der Waals surface area contributed by atoms with E-state index in [1.54, 1.807) is 65.1 Å². The fourth-order valence-electron chi connectivity index (χ4n) is 14.7. The molecule has 4 heterocycles. The lowest BCUT2D eigenvalue weighted by Crippen LogP contribution is -2.70. The maximum atomic E-state index is 14.2. The fourth-order valence-corrected chi connectivity index (χ4v) is 14.7. The van der Waals surface area contributed by atoms with E-state index >= 15 is 0 Å². The average molecular weight is 1020 g/mol. The quantitative estimate of drug-likeness (QED) is 0.0777. The van der Waals surface area contributed by atoms with Crippen LogP contribution in [-0.2, 0) is 61.7 Å². The Balaban J connectivity index is 0.897. The van der Waals surface area contributed by atoms with Gasteiger partial charge in [0, 0.05) is 43.5 Å². The summed E-state index contributed by atoms with van der Waals surface area (Å²) in [4.78, 5) is 41.8. The lowest BCUT2D eigenvalue weighted by Gasteiger charge is -2.61. The number of rotatable bonds is 14. The average Bonchev–Trinajstić information content (AvgIpc) is 3.91. The first-order chi connectivity index (χ1) is 34.2. The molecule has 19 heteroatoms. The van der Waals surface area contributed by atoms with E-state index in [1.165, 1.54) is 7.11 Å². The molecule has 4 saturated carbocycles. The van der Waals surface area contributed by atoms with E-state index in [0.717, 1.165) is 6.42 Å². The number of aliphatic hydroxyl groups is 5. The van der Waals surface area contributed by atoms with E-state index in [4.69, 9.17) is 52.1 Å². The molecule has 0 aromatic heterocycles. The Morgan fingerprint density at radius 3 is 2.11 bits per heavy atom. The summed E-state index contributed by atoms with van der Waals surface area (Å²) >= 11 is 0. The first-order valence-corrected chi connectivity index (χ1v) is 25.9. The number of benzene rings is 1. The number of fused-ring (bicyclic) bond motifs is 2. The summed E-state index contributed by atoms with van der Waals surface area (Å²) in [6.45, 7) is 12.2. The highest BCUT2D eigenvalue weighted by molar-refractivity contribution is 5.90. The Morgan fingerprint density at radius 2 is 1.44 bits per heavy atom. The van der Waals surface area contributed by atoms with E-state index in [0.29, 0.717) is 56.1 Å². The van der Waals surface area contributed by atoms with Gasteiger partial charge in [0.05, 0.1) is 36.6 Å². The molecular weight excluding hydrogens is 941 g/mol. The summed E-state index contributed by atoms with van der Waals surface area (Å²) in [6.07, 6.45) is -11.0. The number of hydrogen-bond donors (Lipinski definition) is 5. The second-order valence-corrected chi connectivity index (χ2v) is 22.2. The molecule has 9 rings (SSSR count). The van der Waals surface area contributed by atoms with Crippen molar-refractivity contribution in [1.29, 1.82) is 0 Å². The third-order valence-electron chi connectivity index (χ3n) is 18.6. The molecule has 2 spiro atoms. The standard InChI is InChI=1S/C53H76O19/c1-10-25(2)46(60)68-43-44-50(6)19-17-31(22-30(50)16-20-52(44)53(72-52)21-18-32(26(3)55)51(53,7)45(43)71-47(61)29-14-12-11-13-15-29)66-35-23-33(62-8)40(27(4)64-35)69-49-39(59)42(63-9)41(28(5)65-49)70-48-38(58)37(57)36(56)34(24-54)67-48/h10-15,27-28,30-45,48-49,54,56-59H,16-24H2,1-9H3/b25-10+/t27-,28-,30?,31+,32?,33+,34-,35+,36-,37+,38-,39-,40-,41-,42+,43?,44?,45?,48+,49+,50?,51?,52?,53?/m1/s1. The molecule has 4 saturated heterocycles. The molecule has 0 amide bonds. The Labute approximate surface area is 421 Å². The summed E-state index contributed by atoms with van der Waals surface area (Å²) in [5.74, 6) is -1.80. The maximum Gasteiger partial charge on any atom is 0.338 e. The van der Waals surface area contributed by atoms with Crippen LogP contribution in [0, 0.1) is 28.6 Å². The largest absolute Gasteiger partial charge is 0.455 e. The van der Waals surface area contributed by atoms with Gasteiger partial charge in [0.2, 0.25) is 0 Å². The first kappa shape index (κ1) is 53.8. The summed E-state index contributed by atoms with van der Waals surface area (Å²) < 4.78 is 69.7. The number of carbonyl (C=O) groups excluding carboxylic acids is 3. The number of allylic oxidation sites excluding steroid dienone is 1. The molecule has 0 bridgehead atoms. The number of esters is 2. The molecule has 402 valence electrons. The molecule has 72 heavy (non-hydrogen) atoms. The van der Waals surface area contributed by atoms with Crippen LogP contribution >= 0.6 is 0 Å². The van der Waals surface area contributed by atoms with Gasteiger partial charge in [-0.3, -0.25) is 4.79 Å². The van der Waals surface area contributed by atoms with Gasteiger partial charge in [-0.15, -0.1) is 0 Å². The molecular formula is C53H76O19. The number of epoxide rings is 1. The molecule has 4 aliphatic heterocycles. The van der Waals surface area contributed by atoms with Gasteiger partial charge >= 0.3 is 11.9 Å².